The highest BCUT2D eigenvalue weighted by Gasteiger charge is 2.10. The Labute approximate surface area is 141 Å². The summed E-state index contributed by atoms with van der Waals surface area (Å²) in [6.07, 6.45) is 3.69. The Bertz CT molecular complexity index is 827. The maximum atomic E-state index is 12.0. The van der Waals surface area contributed by atoms with E-state index >= 15 is 0 Å². The second kappa shape index (κ2) is 6.84. The van der Waals surface area contributed by atoms with E-state index in [9.17, 15) is 4.79 Å². The summed E-state index contributed by atoms with van der Waals surface area (Å²) < 4.78 is 0. The molecule has 3 aromatic heterocycles. The standard InChI is InChI=1S/C15H15N5OS2/c1-9-4-3-5-16-13(9)20-15-18-11(8-22-15)6-12(21)19-14-17-7-10(2)23-14/h3-5,7-8H,6H2,1-2H3,(H,16,18,20)(H,17,19,21). The fraction of sp³-hybridized carbons (Fsp3) is 0.200. The lowest BCUT2D eigenvalue weighted by Gasteiger charge is -2.04. The largest absolute Gasteiger partial charge is 0.316 e. The van der Waals surface area contributed by atoms with Gasteiger partial charge < -0.3 is 10.6 Å². The van der Waals surface area contributed by atoms with Gasteiger partial charge in [-0.05, 0) is 25.5 Å². The highest BCUT2D eigenvalue weighted by molar-refractivity contribution is 7.15. The van der Waals surface area contributed by atoms with Gasteiger partial charge in [0, 0.05) is 22.7 Å². The summed E-state index contributed by atoms with van der Waals surface area (Å²) in [5, 5.41) is 9.16. The number of aryl methyl sites for hydroxylation is 2. The van der Waals surface area contributed by atoms with Crippen molar-refractivity contribution in [3.8, 4) is 0 Å². The molecule has 3 aromatic rings. The number of nitrogens with one attached hydrogen (secondary N) is 2. The zero-order valence-electron chi connectivity index (χ0n) is 12.7. The molecular formula is C15H15N5OS2. The first-order valence-corrected chi connectivity index (χ1v) is 8.65. The van der Waals surface area contributed by atoms with E-state index in [1.54, 1.807) is 12.4 Å². The van der Waals surface area contributed by atoms with Crippen molar-refractivity contribution >= 4 is 44.7 Å². The Hall–Kier alpha value is -2.32. The number of rotatable bonds is 5. The maximum Gasteiger partial charge on any atom is 0.232 e. The molecule has 0 spiro atoms. The molecule has 2 N–H and O–H groups in total. The summed E-state index contributed by atoms with van der Waals surface area (Å²) in [4.78, 5) is 25.9. The van der Waals surface area contributed by atoms with Crippen molar-refractivity contribution in [2.75, 3.05) is 10.6 Å². The van der Waals surface area contributed by atoms with Gasteiger partial charge >= 0.3 is 0 Å². The molecule has 118 valence electrons. The molecule has 0 aliphatic carbocycles. The molecule has 23 heavy (non-hydrogen) atoms. The molecule has 1 amide bonds. The van der Waals surface area contributed by atoms with Gasteiger partial charge in [-0.3, -0.25) is 4.79 Å². The Morgan fingerprint density at radius 3 is 2.87 bits per heavy atom. The van der Waals surface area contributed by atoms with Gasteiger partial charge in [0.05, 0.1) is 12.1 Å². The first kappa shape index (κ1) is 15.6. The molecule has 6 nitrogen and oxygen atoms in total. The second-order valence-corrected chi connectivity index (χ2v) is 7.03. The molecule has 0 atom stereocenters. The van der Waals surface area contributed by atoms with E-state index in [1.165, 1.54) is 22.7 Å². The molecule has 0 aromatic carbocycles. The lowest BCUT2D eigenvalue weighted by molar-refractivity contribution is -0.115. The van der Waals surface area contributed by atoms with Gasteiger partial charge in [-0.2, -0.15) is 0 Å². The third kappa shape index (κ3) is 4.11. The molecule has 0 aliphatic heterocycles. The molecule has 0 fully saturated rings. The highest BCUT2D eigenvalue weighted by atomic mass is 32.1. The van der Waals surface area contributed by atoms with Crippen LogP contribution in [0.5, 0.6) is 0 Å². The fourth-order valence-electron chi connectivity index (χ4n) is 1.90. The average molecular weight is 345 g/mol. The summed E-state index contributed by atoms with van der Waals surface area (Å²) in [7, 11) is 0. The molecule has 0 saturated heterocycles. The van der Waals surface area contributed by atoms with Gasteiger partial charge in [-0.15, -0.1) is 22.7 Å². The summed E-state index contributed by atoms with van der Waals surface area (Å²) in [5.41, 5.74) is 1.76. The van der Waals surface area contributed by atoms with Crippen LogP contribution in [0.2, 0.25) is 0 Å². The van der Waals surface area contributed by atoms with E-state index in [2.05, 4.69) is 25.6 Å². The molecule has 8 heteroatoms. The fourth-order valence-corrected chi connectivity index (χ4v) is 3.29. The van der Waals surface area contributed by atoms with Crippen LogP contribution in [0.25, 0.3) is 0 Å². The lowest BCUT2D eigenvalue weighted by atomic mass is 10.3. The topological polar surface area (TPSA) is 79.8 Å². The van der Waals surface area contributed by atoms with Crippen LogP contribution in [0.1, 0.15) is 16.1 Å². The molecule has 0 unspecified atom stereocenters. The van der Waals surface area contributed by atoms with Crippen molar-refractivity contribution in [1.29, 1.82) is 0 Å². The van der Waals surface area contributed by atoms with Crippen LogP contribution >= 0.6 is 22.7 Å². The zero-order chi connectivity index (χ0) is 16.2. The zero-order valence-corrected chi connectivity index (χ0v) is 14.3. The van der Waals surface area contributed by atoms with Crippen LogP contribution in [0.15, 0.2) is 29.9 Å². The van der Waals surface area contributed by atoms with Crippen LogP contribution < -0.4 is 10.6 Å². The normalized spacial score (nSPS) is 10.5. The predicted octanol–water partition coefficient (Wildman–Crippen LogP) is 3.54. The maximum absolute atomic E-state index is 12.0. The van der Waals surface area contributed by atoms with E-state index in [1.807, 2.05) is 31.4 Å². The summed E-state index contributed by atoms with van der Waals surface area (Å²) in [6, 6.07) is 3.87. The molecular weight excluding hydrogens is 330 g/mol. The van der Waals surface area contributed by atoms with E-state index in [0.717, 1.165) is 27.1 Å². The summed E-state index contributed by atoms with van der Waals surface area (Å²) in [5.74, 6) is 0.654. The van der Waals surface area contributed by atoms with Crippen molar-refractivity contribution in [2.24, 2.45) is 0 Å². The van der Waals surface area contributed by atoms with Gasteiger partial charge in [-0.25, -0.2) is 15.0 Å². The van der Waals surface area contributed by atoms with Gasteiger partial charge in [0.15, 0.2) is 10.3 Å². The van der Waals surface area contributed by atoms with Crippen molar-refractivity contribution in [3.63, 3.8) is 0 Å². The first-order chi connectivity index (χ1) is 11.1. The number of carbonyl (C=O) groups is 1. The SMILES string of the molecule is Cc1cnc(NC(=O)Cc2csc(Nc3ncccc3C)n2)s1. The van der Waals surface area contributed by atoms with Gasteiger partial charge in [-0.1, -0.05) is 6.07 Å². The lowest BCUT2D eigenvalue weighted by Crippen LogP contribution is -2.14. The van der Waals surface area contributed by atoms with Crippen LogP contribution in [0.4, 0.5) is 16.1 Å². The molecule has 3 rings (SSSR count). The van der Waals surface area contributed by atoms with Crippen molar-refractivity contribution in [1.82, 2.24) is 15.0 Å². The molecule has 0 saturated carbocycles. The number of hydrogen-bond donors (Lipinski definition) is 2. The van der Waals surface area contributed by atoms with E-state index in [4.69, 9.17) is 0 Å². The van der Waals surface area contributed by atoms with Crippen molar-refractivity contribution in [2.45, 2.75) is 20.3 Å². The molecule has 0 aliphatic rings. The highest BCUT2D eigenvalue weighted by Crippen LogP contribution is 2.22. The predicted molar refractivity (Wildman–Crippen MR) is 93.6 cm³/mol. The van der Waals surface area contributed by atoms with Gasteiger partial charge in [0.25, 0.3) is 0 Å². The minimum absolute atomic E-state index is 0.120. The average Bonchev–Trinajstić information content (AvgIpc) is 3.11. The molecule has 0 bridgehead atoms. The van der Waals surface area contributed by atoms with Gasteiger partial charge in [0.2, 0.25) is 5.91 Å². The van der Waals surface area contributed by atoms with E-state index in [0.29, 0.717) is 5.13 Å². The van der Waals surface area contributed by atoms with Gasteiger partial charge in [0.1, 0.15) is 5.82 Å². The second-order valence-electron chi connectivity index (χ2n) is 4.94. The summed E-state index contributed by atoms with van der Waals surface area (Å²) in [6.45, 7) is 3.93. The number of aromatic nitrogens is 3. The molecule has 3 heterocycles. The molecule has 0 radical (unpaired) electrons. The van der Waals surface area contributed by atoms with Crippen LogP contribution in [-0.4, -0.2) is 20.9 Å². The number of pyridine rings is 1. The number of thiazole rings is 2. The number of amides is 1. The number of hydrogen-bond acceptors (Lipinski definition) is 7. The first-order valence-electron chi connectivity index (χ1n) is 6.95. The van der Waals surface area contributed by atoms with Crippen molar-refractivity contribution < 1.29 is 4.79 Å². The van der Waals surface area contributed by atoms with Crippen LogP contribution in [0.3, 0.4) is 0 Å². The summed E-state index contributed by atoms with van der Waals surface area (Å²) >= 11 is 2.90. The van der Waals surface area contributed by atoms with E-state index in [-0.39, 0.29) is 12.3 Å². The van der Waals surface area contributed by atoms with E-state index < -0.39 is 0 Å². The van der Waals surface area contributed by atoms with Crippen LogP contribution in [-0.2, 0) is 11.2 Å². The Kier molecular flexibility index (Phi) is 4.63. The Balaban J connectivity index is 1.61. The number of nitrogens with zero attached hydrogens (tertiary/aromatic N) is 3. The minimum Gasteiger partial charge on any atom is -0.316 e. The Morgan fingerprint density at radius 2 is 2.13 bits per heavy atom. The third-order valence-corrected chi connectivity index (χ3v) is 4.63. The monoisotopic (exact) mass is 345 g/mol. The third-order valence-electron chi connectivity index (χ3n) is 3.00. The number of anilines is 3. The number of carbonyl (C=O) groups excluding carboxylic acids is 1. The quantitative estimate of drug-likeness (QED) is 0.739. The van der Waals surface area contributed by atoms with Crippen molar-refractivity contribution in [3.05, 3.63) is 46.0 Å². The Morgan fingerprint density at radius 1 is 1.26 bits per heavy atom. The van der Waals surface area contributed by atoms with Crippen LogP contribution in [0, 0.1) is 13.8 Å². The smallest absolute Gasteiger partial charge is 0.232 e. The minimum atomic E-state index is -0.120.